The van der Waals surface area contributed by atoms with Crippen molar-refractivity contribution in [2.75, 3.05) is 31.1 Å². The fraction of sp³-hybridized carbons (Fsp3) is 0.235. The monoisotopic (exact) mass is 281 g/mol. The number of phenolic OH excluding ortho intramolecular Hbond substituents is 1. The Bertz CT molecular complexity index is 587. The van der Waals surface area contributed by atoms with Crippen LogP contribution in [-0.2, 0) is 0 Å². The van der Waals surface area contributed by atoms with Gasteiger partial charge >= 0.3 is 0 Å². The van der Waals surface area contributed by atoms with Crippen molar-refractivity contribution in [3.05, 3.63) is 60.2 Å². The topological polar surface area (TPSA) is 39.1 Å². The number of benzene rings is 2. The minimum Gasteiger partial charge on any atom is -0.508 e. The van der Waals surface area contributed by atoms with Crippen LogP contribution < -0.4 is 4.90 Å². The Hall–Kier alpha value is -2.49. The fourth-order valence-corrected chi connectivity index (χ4v) is 2.42. The summed E-state index contributed by atoms with van der Waals surface area (Å²) in [4.78, 5) is 2.38. The predicted octanol–water partition coefficient (Wildman–Crippen LogP) is 2.55. The van der Waals surface area contributed by atoms with Gasteiger partial charge in [-0.25, -0.2) is 0 Å². The third-order valence-corrected chi connectivity index (χ3v) is 3.64. The molecule has 4 heteroatoms. The van der Waals surface area contributed by atoms with E-state index in [1.807, 2.05) is 24.4 Å². The summed E-state index contributed by atoms with van der Waals surface area (Å²) in [6, 6.07) is 17.6. The van der Waals surface area contributed by atoms with Crippen LogP contribution in [0.4, 0.5) is 5.69 Å². The van der Waals surface area contributed by atoms with E-state index < -0.39 is 0 Å². The second kappa shape index (κ2) is 6.31. The minimum atomic E-state index is 0.281. The summed E-state index contributed by atoms with van der Waals surface area (Å²) in [5, 5.41) is 15.9. The second-order valence-electron chi connectivity index (χ2n) is 5.11. The van der Waals surface area contributed by atoms with Gasteiger partial charge in [0.1, 0.15) is 5.75 Å². The molecule has 1 N–H and O–H groups in total. The molecule has 0 bridgehead atoms. The molecule has 0 aromatic heterocycles. The Morgan fingerprint density at radius 1 is 0.857 bits per heavy atom. The number of hydrogen-bond donors (Lipinski definition) is 1. The number of anilines is 1. The fourth-order valence-electron chi connectivity index (χ4n) is 2.42. The van der Waals surface area contributed by atoms with Crippen LogP contribution in [-0.4, -0.2) is 42.5 Å². The summed E-state index contributed by atoms with van der Waals surface area (Å²) in [5.74, 6) is 0.281. The third-order valence-electron chi connectivity index (χ3n) is 3.64. The number of para-hydroxylation sites is 1. The predicted molar refractivity (Wildman–Crippen MR) is 85.9 cm³/mol. The maximum Gasteiger partial charge on any atom is 0.115 e. The van der Waals surface area contributed by atoms with Crippen LogP contribution >= 0.6 is 0 Å². The van der Waals surface area contributed by atoms with Gasteiger partial charge in [0.05, 0.1) is 19.3 Å². The lowest BCUT2D eigenvalue weighted by Gasteiger charge is -2.34. The zero-order chi connectivity index (χ0) is 14.5. The van der Waals surface area contributed by atoms with E-state index >= 15 is 0 Å². The SMILES string of the molecule is Oc1ccc(/C=N\N2CCN(c3ccccc3)CC2)cc1. The van der Waals surface area contributed by atoms with Crippen molar-refractivity contribution >= 4 is 11.9 Å². The molecule has 1 heterocycles. The van der Waals surface area contributed by atoms with Gasteiger partial charge in [-0.1, -0.05) is 18.2 Å². The van der Waals surface area contributed by atoms with Crippen molar-refractivity contribution < 1.29 is 5.11 Å². The van der Waals surface area contributed by atoms with Gasteiger partial charge in [0.25, 0.3) is 0 Å². The van der Waals surface area contributed by atoms with Crippen LogP contribution in [0.2, 0.25) is 0 Å². The number of phenols is 1. The molecule has 0 spiro atoms. The molecule has 1 aliphatic heterocycles. The highest BCUT2D eigenvalue weighted by Gasteiger charge is 2.15. The number of piperazine rings is 1. The number of hydrazone groups is 1. The van der Waals surface area contributed by atoms with E-state index in [0.29, 0.717) is 0 Å². The van der Waals surface area contributed by atoms with Crippen LogP contribution in [0.15, 0.2) is 59.7 Å². The molecule has 4 nitrogen and oxygen atoms in total. The van der Waals surface area contributed by atoms with Gasteiger partial charge in [-0.05, 0) is 42.0 Å². The van der Waals surface area contributed by atoms with Gasteiger partial charge < -0.3 is 10.0 Å². The van der Waals surface area contributed by atoms with E-state index in [1.165, 1.54) is 5.69 Å². The first-order valence-electron chi connectivity index (χ1n) is 7.19. The largest absolute Gasteiger partial charge is 0.508 e. The molecular weight excluding hydrogens is 262 g/mol. The molecule has 1 fully saturated rings. The van der Waals surface area contributed by atoms with E-state index in [1.54, 1.807) is 12.1 Å². The summed E-state index contributed by atoms with van der Waals surface area (Å²) >= 11 is 0. The molecule has 0 aliphatic carbocycles. The maximum atomic E-state index is 9.25. The summed E-state index contributed by atoms with van der Waals surface area (Å²) in [6.45, 7) is 3.81. The zero-order valence-electron chi connectivity index (χ0n) is 11.9. The zero-order valence-corrected chi connectivity index (χ0v) is 11.9. The standard InChI is InChI=1S/C17H19N3O/c21-17-8-6-15(7-9-17)14-18-20-12-10-19(11-13-20)16-4-2-1-3-5-16/h1-9,14,21H,10-13H2/b18-14-. The highest BCUT2D eigenvalue weighted by atomic mass is 16.3. The number of hydrogen-bond acceptors (Lipinski definition) is 4. The number of aromatic hydroxyl groups is 1. The Balaban J connectivity index is 1.55. The lowest BCUT2D eigenvalue weighted by atomic mass is 10.2. The van der Waals surface area contributed by atoms with Gasteiger partial charge in [-0.3, -0.25) is 5.01 Å². The molecule has 3 rings (SSSR count). The van der Waals surface area contributed by atoms with E-state index in [-0.39, 0.29) is 5.75 Å². The van der Waals surface area contributed by atoms with Crippen LogP contribution in [0.1, 0.15) is 5.56 Å². The van der Waals surface area contributed by atoms with Gasteiger partial charge in [-0.2, -0.15) is 5.10 Å². The molecule has 21 heavy (non-hydrogen) atoms. The molecular formula is C17H19N3O. The molecule has 108 valence electrons. The average Bonchev–Trinajstić information content (AvgIpc) is 2.56. The first kappa shape index (κ1) is 13.5. The van der Waals surface area contributed by atoms with Gasteiger partial charge in [-0.15, -0.1) is 0 Å². The normalized spacial score (nSPS) is 15.6. The molecule has 1 aliphatic rings. The molecule has 2 aromatic carbocycles. The molecule has 0 saturated carbocycles. The van der Waals surface area contributed by atoms with Crippen molar-refractivity contribution in [1.29, 1.82) is 0 Å². The van der Waals surface area contributed by atoms with Gasteiger partial charge in [0.2, 0.25) is 0 Å². The van der Waals surface area contributed by atoms with E-state index in [2.05, 4.69) is 39.3 Å². The molecule has 0 amide bonds. The molecule has 0 unspecified atom stereocenters. The highest BCUT2D eigenvalue weighted by molar-refractivity contribution is 5.79. The van der Waals surface area contributed by atoms with Crippen molar-refractivity contribution in [2.24, 2.45) is 5.10 Å². The van der Waals surface area contributed by atoms with Gasteiger partial charge in [0, 0.05) is 18.8 Å². The lowest BCUT2D eigenvalue weighted by Crippen LogP contribution is -2.44. The molecule has 0 atom stereocenters. The Morgan fingerprint density at radius 2 is 1.52 bits per heavy atom. The van der Waals surface area contributed by atoms with Crippen LogP contribution in [0.5, 0.6) is 5.75 Å². The van der Waals surface area contributed by atoms with E-state index in [4.69, 9.17) is 0 Å². The Kier molecular flexibility index (Phi) is 4.05. The lowest BCUT2D eigenvalue weighted by molar-refractivity contribution is 0.272. The Morgan fingerprint density at radius 3 is 2.19 bits per heavy atom. The Labute approximate surface area is 124 Å². The molecule has 2 aromatic rings. The second-order valence-corrected chi connectivity index (χ2v) is 5.11. The van der Waals surface area contributed by atoms with E-state index in [9.17, 15) is 5.11 Å². The maximum absolute atomic E-state index is 9.25. The van der Waals surface area contributed by atoms with Crippen molar-refractivity contribution in [1.82, 2.24) is 5.01 Å². The molecule has 1 saturated heterocycles. The number of rotatable bonds is 3. The quantitative estimate of drug-likeness (QED) is 0.879. The third kappa shape index (κ3) is 3.54. The van der Waals surface area contributed by atoms with Crippen molar-refractivity contribution in [2.45, 2.75) is 0 Å². The van der Waals surface area contributed by atoms with Crippen LogP contribution in [0.3, 0.4) is 0 Å². The summed E-state index contributed by atoms with van der Waals surface area (Å²) < 4.78 is 0. The minimum absolute atomic E-state index is 0.281. The summed E-state index contributed by atoms with van der Waals surface area (Å²) in [5.41, 5.74) is 2.28. The van der Waals surface area contributed by atoms with Crippen molar-refractivity contribution in [3.8, 4) is 5.75 Å². The average molecular weight is 281 g/mol. The van der Waals surface area contributed by atoms with Crippen LogP contribution in [0, 0.1) is 0 Å². The summed E-state index contributed by atoms with van der Waals surface area (Å²) in [6.07, 6.45) is 1.84. The summed E-state index contributed by atoms with van der Waals surface area (Å²) in [7, 11) is 0. The molecule has 0 radical (unpaired) electrons. The smallest absolute Gasteiger partial charge is 0.115 e. The van der Waals surface area contributed by atoms with Gasteiger partial charge in [0.15, 0.2) is 0 Å². The number of nitrogens with zero attached hydrogens (tertiary/aromatic N) is 3. The first-order chi connectivity index (χ1) is 10.3. The first-order valence-corrected chi connectivity index (χ1v) is 7.19. The highest BCUT2D eigenvalue weighted by Crippen LogP contribution is 2.15. The van der Waals surface area contributed by atoms with Crippen molar-refractivity contribution in [3.63, 3.8) is 0 Å². The van der Waals surface area contributed by atoms with E-state index in [0.717, 1.165) is 31.7 Å². The van der Waals surface area contributed by atoms with Crippen LogP contribution in [0.25, 0.3) is 0 Å².